The molecule has 1 amide bonds. The Morgan fingerprint density at radius 3 is 2.62 bits per heavy atom. The van der Waals surface area contributed by atoms with Crippen molar-refractivity contribution in [3.8, 4) is 5.75 Å². The van der Waals surface area contributed by atoms with Crippen LogP contribution in [0.4, 0.5) is 0 Å². The minimum absolute atomic E-state index is 0.0480. The Balaban J connectivity index is 1.84. The van der Waals surface area contributed by atoms with Crippen molar-refractivity contribution in [2.75, 3.05) is 7.11 Å². The van der Waals surface area contributed by atoms with Gasteiger partial charge in [-0.25, -0.2) is 0 Å². The zero-order chi connectivity index (χ0) is 17.1. The van der Waals surface area contributed by atoms with Gasteiger partial charge in [0.05, 0.1) is 13.2 Å². The van der Waals surface area contributed by atoms with Crippen LogP contribution in [0, 0.1) is 6.92 Å². The average molecular weight is 323 g/mol. The predicted molar refractivity (Wildman–Crippen MR) is 94.4 cm³/mol. The van der Waals surface area contributed by atoms with E-state index >= 15 is 0 Å². The molecule has 3 aromatic rings. The number of hydrogen-bond acceptors (Lipinski definition) is 3. The second kappa shape index (κ2) is 6.79. The van der Waals surface area contributed by atoms with Gasteiger partial charge in [-0.05, 0) is 31.0 Å². The molecule has 124 valence electrons. The second-order valence-corrected chi connectivity index (χ2v) is 5.83. The quantitative estimate of drug-likeness (QED) is 0.744. The number of nitrogens with one attached hydrogen (secondary N) is 1. The van der Waals surface area contributed by atoms with Gasteiger partial charge in [0.1, 0.15) is 0 Å². The molecule has 1 N–H and O–H groups in total. The fourth-order valence-corrected chi connectivity index (χ4v) is 2.76. The maximum atomic E-state index is 12.6. The van der Waals surface area contributed by atoms with E-state index in [0.29, 0.717) is 17.1 Å². The molecular weight excluding hydrogens is 302 g/mol. The third kappa shape index (κ3) is 3.13. The Kier molecular flexibility index (Phi) is 4.56. The van der Waals surface area contributed by atoms with Crippen molar-refractivity contribution in [2.24, 2.45) is 0 Å². The minimum Gasteiger partial charge on any atom is -0.493 e. The predicted octanol–water partition coefficient (Wildman–Crippen LogP) is 4.63. The molecule has 1 heterocycles. The van der Waals surface area contributed by atoms with E-state index in [4.69, 9.17) is 9.15 Å². The zero-order valence-corrected chi connectivity index (χ0v) is 14.1. The number of hydrogen-bond donors (Lipinski definition) is 1. The lowest BCUT2D eigenvalue weighted by atomic mass is 10.0. The lowest BCUT2D eigenvalue weighted by Crippen LogP contribution is -2.27. The summed E-state index contributed by atoms with van der Waals surface area (Å²) in [5.74, 6) is 0.692. The molecule has 3 rings (SSSR count). The van der Waals surface area contributed by atoms with Gasteiger partial charge in [-0.1, -0.05) is 48.9 Å². The summed E-state index contributed by atoms with van der Waals surface area (Å²) < 4.78 is 11.0. The smallest absolute Gasteiger partial charge is 0.287 e. The topological polar surface area (TPSA) is 51.5 Å². The molecule has 1 atom stereocenters. The van der Waals surface area contributed by atoms with Crippen LogP contribution in [0.25, 0.3) is 11.0 Å². The van der Waals surface area contributed by atoms with Crippen molar-refractivity contribution in [3.63, 3.8) is 0 Å². The molecule has 0 aliphatic carbocycles. The third-order valence-electron chi connectivity index (χ3n) is 4.14. The van der Waals surface area contributed by atoms with Gasteiger partial charge in [0.2, 0.25) is 0 Å². The molecule has 0 aliphatic heterocycles. The number of carbonyl (C=O) groups excluding carboxylic acids is 1. The molecule has 0 radical (unpaired) electrons. The third-order valence-corrected chi connectivity index (χ3v) is 4.14. The molecule has 1 aromatic heterocycles. The van der Waals surface area contributed by atoms with Crippen molar-refractivity contribution < 1.29 is 13.9 Å². The highest BCUT2D eigenvalue weighted by molar-refractivity contribution is 5.97. The van der Waals surface area contributed by atoms with E-state index in [2.05, 4.69) is 17.4 Å². The molecule has 1 unspecified atom stereocenters. The number of furan rings is 1. The lowest BCUT2D eigenvalue weighted by Gasteiger charge is -2.16. The van der Waals surface area contributed by atoms with Crippen molar-refractivity contribution in [1.82, 2.24) is 5.32 Å². The summed E-state index contributed by atoms with van der Waals surface area (Å²) in [5, 5.41) is 3.89. The van der Waals surface area contributed by atoms with E-state index in [0.717, 1.165) is 17.4 Å². The Morgan fingerprint density at radius 1 is 1.21 bits per heavy atom. The SMILES string of the molecule is CCC(NC(=O)c1cc2cccc(OC)c2o1)c1ccc(C)cc1. The first-order valence-electron chi connectivity index (χ1n) is 8.06. The maximum absolute atomic E-state index is 12.6. The molecule has 0 spiro atoms. The monoisotopic (exact) mass is 323 g/mol. The van der Waals surface area contributed by atoms with Crippen LogP contribution in [0.15, 0.2) is 52.9 Å². The van der Waals surface area contributed by atoms with E-state index in [1.807, 2.05) is 44.2 Å². The molecule has 0 fully saturated rings. The summed E-state index contributed by atoms with van der Waals surface area (Å²) in [7, 11) is 1.58. The normalized spacial score (nSPS) is 12.1. The standard InChI is InChI=1S/C20H21NO3/c1-4-16(14-10-8-13(2)9-11-14)21-20(22)18-12-15-6-5-7-17(23-3)19(15)24-18/h5-12,16H,4H2,1-3H3,(H,21,22). The average Bonchev–Trinajstić information content (AvgIpc) is 3.04. The van der Waals surface area contributed by atoms with Crippen molar-refractivity contribution in [1.29, 1.82) is 0 Å². The lowest BCUT2D eigenvalue weighted by molar-refractivity contribution is 0.0909. The number of carbonyl (C=O) groups is 1. The molecule has 4 heteroatoms. The van der Waals surface area contributed by atoms with Crippen molar-refractivity contribution >= 4 is 16.9 Å². The van der Waals surface area contributed by atoms with E-state index in [9.17, 15) is 4.79 Å². The van der Waals surface area contributed by atoms with Gasteiger partial charge in [-0.15, -0.1) is 0 Å². The number of benzene rings is 2. The fraction of sp³-hybridized carbons (Fsp3) is 0.250. The van der Waals surface area contributed by atoms with Gasteiger partial charge >= 0.3 is 0 Å². The van der Waals surface area contributed by atoms with Crippen LogP contribution in [0.5, 0.6) is 5.75 Å². The fourth-order valence-electron chi connectivity index (χ4n) is 2.76. The van der Waals surface area contributed by atoms with Crippen LogP contribution in [-0.4, -0.2) is 13.0 Å². The molecule has 0 aliphatic rings. The number of para-hydroxylation sites is 1. The van der Waals surface area contributed by atoms with Crippen LogP contribution in [0.2, 0.25) is 0 Å². The summed E-state index contributed by atoms with van der Waals surface area (Å²) in [4.78, 5) is 12.6. The van der Waals surface area contributed by atoms with Gasteiger partial charge in [-0.3, -0.25) is 4.79 Å². The van der Waals surface area contributed by atoms with Gasteiger partial charge in [0.15, 0.2) is 17.1 Å². The number of amides is 1. The van der Waals surface area contributed by atoms with Crippen LogP contribution < -0.4 is 10.1 Å². The highest BCUT2D eigenvalue weighted by Crippen LogP contribution is 2.29. The molecule has 4 nitrogen and oxygen atoms in total. The first kappa shape index (κ1) is 16.1. The van der Waals surface area contributed by atoms with Gasteiger partial charge < -0.3 is 14.5 Å². The van der Waals surface area contributed by atoms with E-state index in [1.54, 1.807) is 13.2 Å². The summed E-state index contributed by atoms with van der Waals surface area (Å²) in [6, 6.07) is 15.5. The van der Waals surface area contributed by atoms with E-state index in [1.165, 1.54) is 5.56 Å². The van der Waals surface area contributed by atoms with Crippen LogP contribution in [0.3, 0.4) is 0 Å². The van der Waals surface area contributed by atoms with Gasteiger partial charge in [0, 0.05) is 5.39 Å². The number of methoxy groups -OCH3 is 1. The van der Waals surface area contributed by atoms with Gasteiger partial charge in [-0.2, -0.15) is 0 Å². The summed E-state index contributed by atoms with van der Waals surface area (Å²) >= 11 is 0. The molecule has 2 aromatic carbocycles. The van der Waals surface area contributed by atoms with Gasteiger partial charge in [0.25, 0.3) is 5.91 Å². The minimum atomic E-state index is -0.222. The molecule has 24 heavy (non-hydrogen) atoms. The Labute approximate surface area is 141 Å². The number of rotatable bonds is 5. The number of fused-ring (bicyclic) bond motifs is 1. The Bertz CT molecular complexity index is 849. The summed E-state index contributed by atoms with van der Waals surface area (Å²) in [5.41, 5.74) is 2.88. The molecule has 0 bridgehead atoms. The first-order chi connectivity index (χ1) is 11.6. The second-order valence-electron chi connectivity index (χ2n) is 5.83. The Morgan fingerprint density at radius 2 is 1.96 bits per heavy atom. The maximum Gasteiger partial charge on any atom is 0.287 e. The first-order valence-corrected chi connectivity index (χ1v) is 8.06. The number of aryl methyl sites for hydroxylation is 1. The van der Waals surface area contributed by atoms with E-state index < -0.39 is 0 Å². The molecule has 0 saturated heterocycles. The summed E-state index contributed by atoms with van der Waals surface area (Å²) in [6.07, 6.45) is 0.804. The number of ether oxygens (including phenoxy) is 1. The highest BCUT2D eigenvalue weighted by atomic mass is 16.5. The largest absolute Gasteiger partial charge is 0.493 e. The van der Waals surface area contributed by atoms with E-state index in [-0.39, 0.29) is 11.9 Å². The van der Waals surface area contributed by atoms with Crippen LogP contribution in [-0.2, 0) is 0 Å². The van der Waals surface area contributed by atoms with Crippen LogP contribution in [0.1, 0.15) is 41.1 Å². The summed E-state index contributed by atoms with van der Waals surface area (Å²) in [6.45, 7) is 4.09. The highest BCUT2D eigenvalue weighted by Gasteiger charge is 2.18. The zero-order valence-electron chi connectivity index (χ0n) is 14.1. The van der Waals surface area contributed by atoms with Crippen molar-refractivity contribution in [3.05, 3.63) is 65.4 Å². The van der Waals surface area contributed by atoms with Crippen LogP contribution >= 0.6 is 0 Å². The van der Waals surface area contributed by atoms with Crippen molar-refractivity contribution in [2.45, 2.75) is 26.3 Å². The molecule has 0 saturated carbocycles. The Hall–Kier alpha value is -2.75. The molecular formula is C20H21NO3.